The maximum Gasteiger partial charge on any atom is 0.416 e. The molecule has 1 fully saturated rings. The fourth-order valence-electron chi connectivity index (χ4n) is 4.39. The molecule has 0 radical (unpaired) electrons. The first kappa shape index (κ1) is 25.9. The normalized spacial score (nSPS) is 20.4. The number of anilines is 1. The van der Waals surface area contributed by atoms with Crippen molar-refractivity contribution in [3.05, 3.63) is 93.0 Å². The van der Waals surface area contributed by atoms with Crippen LogP contribution < -0.4 is 15.4 Å². The molecule has 3 aromatic carbocycles. The summed E-state index contributed by atoms with van der Waals surface area (Å²) in [6.07, 6.45) is -5.14. The van der Waals surface area contributed by atoms with Crippen LogP contribution in [0.1, 0.15) is 56.3 Å². The van der Waals surface area contributed by atoms with Gasteiger partial charge in [0, 0.05) is 27.8 Å². The van der Waals surface area contributed by atoms with Crippen LogP contribution in [0.25, 0.3) is 0 Å². The molecule has 0 saturated heterocycles. The van der Waals surface area contributed by atoms with Crippen LogP contribution >= 0.6 is 11.6 Å². The van der Waals surface area contributed by atoms with Gasteiger partial charge < -0.3 is 20.5 Å². The van der Waals surface area contributed by atoms with Crippen LogP contribution in [0.15, 0.2) is 48.5 Å². The Bertz CT molecular complexity index is 1460. The SMILES string of the molecule is O=C(Nc1cc(O[C@H]2CC[C@@H]2O)cc2c1C(c1cc(F)ccc1Cl)NC2=O)c1cc(F)cc(C(F)(F)F)c1. The van der Waals surface area contributed by atoms with E-state index in [0.29, 0.717) is 25.0 Å². The fraction of sp³-hybridized carbons (Fsp3) is 0.231. The van der Waals surface area contributed by atoms with Crippen molar-refractivity contribution < 1.29 is 41.4 Å². The lowest BCUT2D eigenvalue weighted by molar-refractivity contribution is -0.137. The van der Waals surface area contributed by atoms with Crippen LogP contribution in [0.3, 0.4) is 0 Å². The Kier molecular flexibility index (Phi) is 6.52. The van der Waals surface area contributed by atoms with Crippen molar-refractivity contribution in [1.29, 1.82) is 0 Å². The topological polar surface area (TPSA) is 87.7 Å². The Morgan fingerprint density at radius 1 is 1.05 bits per heavy atom. The number of hydrogen-bond donors (Lipinski definition) is 3. The van der Waals surface area contributed by atoms with Crippen molar-refractivity contribution in [2.24, 2.45) is 0 Å². The van der Waals surface area contributed by atoms with Crippen molar-refractivity contribution in [3.8, 4) is 5.75 Å². The van der Waals surface area contributed by atoms with Gasteiger partial charge in [-0.2, -0.15) is 13.2 Å². The molecule has 2 aliphatic rings. The first-order valence-corrected chi connectivity index (χ1v) is 11.8. The fourth-order valence-corrected chi connectivity index (χ4v) is 4.62. The van der Waals surface area contributed by atoms with E-state index >= 15 is 0 Å². The molecule has 0 aromatic heterocycles. The minimum Gasteiger partial charge on any atom is -0.488 e. The standard InChI is InChI=1S/C26H18ClF5N2O4/c27-18-2-1-13(28)8-16(18)23-22-17(25(37)34-23)9-15(38-21-4-3-20(21)35)10-19(22)33-24(36)11-5-12(26(30,31)32)7-14(29)6-11/h1-2,5-10,20-21,23,35H,3-4H2,(H,33,36)(H,34,37)/t20-,21-,23?/m0/s1. The Hall–Kier alpha value is -3.70. The Morgan fingerprint density at radius 3 is 2.47 bits per heavy atom. The highest BCUT2D eigenvalue weighted by molar-refractivity contribution is 6.31. The van der Waals surface area contributed by atoms with Crippen LogP contribution in [0.4, 0.5) is 27.6 Å². The van der Waals surface area contributed by atoms with E-state index in [0.717, 1.165) is 12.1 Å². The highest BCUT2D eigenvalue weighted by Gasteiger charge is 2.37. The van der Waals surface area contributed by atoms with Gasteiger partial charge in [-0.1, -0.05) is 11.6 Å². The molecule has 1 saturated carbocycles. The molecule has 6 nitrogen and oxygen atoms in total. The summed E-state index contributed by atoms with van der Waals surface area (Å²) in [5.41, 5.74) is -1.67. The molecule has 1 aliphatic carbocycles. The minimum absolute atomic E-state index is 0.0344. The first-order chi connectivity index (χ1) is 17.9. The number of carbonyl (C=O) groups excluding carboxylic acids is 2. The van der Waals surface area contributed by atoms with Gasteiger partial charge in [-0.25, -0.2) is 8.78 Å². The van der Waals surface area contributed by atoms with E-state index in [2.05, 4.69) is 10.6 Å². The van der Waals surface area contributed by atoms with Crippen molar-refractivity contribution in [2.75, 3.05) is 5.32 Å². The Labute approximate surface area is 217 Å². The van der Waals surface area contributed by atoms with E-state index in [-0.39, 0.29) is 39.2 Å². The van der Waals surface area contributed by atoms with Crippen LogP contribution in [0, 0.1) is 11.6 Å². The quantitative estimate of drug-likeness (QED) is 0.358. The number of aliphatic hydroxyl groups is 1. The molecule has 38 heavy (non-hydrogen) atoms. The largest absolute Gasteiger partial charge is 0.488 e. The number of benzene rings is 3. The van der Waals surface area contributed by atoms with Gasteiger partial charge in [0.25, 0.3) is 11.8 Å². The molecular formula is C26H18ClF5N2O4. The second-order valence-corrected chi connectivity index (χ2v) is 9.39. The highest BCUT2D eigenvalue weighted by atomic mass is 35.5. The lowest BCUT2D eigenvalue weighted by Gasteiger charge is -2.32. The average Bonchev–Trinajstić information content (AvgIpc) is 3.18. The molecule has 1 aliphatic heterocycles. The number of carbonyl (C=O) groups is 2. The van der Waals surface area contributed by atoms with Crippen molar-refractivity contribution >= 4 is 29.1 Å². The average molecular weight is 553 g/mol. The molecule has 0 spiro atoms. The van der Waals surface area contributed by atoms with Crippen molar-refractivity contribution in [1.82, 2.24) is 5.32 Å². The molecule has 198 valence electrons. The van der Waals surface area contributed by atoms with Crippen molar-refractivity contribution in [3.63, 3.8) is 0 Å². The Morgan fingerprint density at radius 2 is 1.82 bits per heavy atom. The number of nitrogens with one attached hydrogen (secondary N) is 2. The summed E-state index contributed by atoms with van der Waals surface area (Å²) in [5.74, 6) is -3.52. The summed E-state index contributed by atoms with van der Waals surface area (Å²) >= 11 is 6.26. The van der Waals surface area contributed by atoms with Gasteiger partial charge in [0.15, 0.2) is 0 Å². The monoisotopic (exact) mass is 552 g/mol. The van der Waals surface area contributed by atoms with E-state index in [1.807, 2.05) is 0 Å². The van der Waals surface area contributed by atoms with Gasteiger partial charge >= 0.3 is 6.18 Å². The molecule has 3 atom stereocenters. The summed E-state index contributed by atoms with van der Waals surface area (Å²) in [7, 11) is 0. The van der Waals surface area contributed by atoms with Crippen LogP contribution in [0.2, 0.25) is 5.02 Å². The smallest absolute Gasteiger partial charge is 0.416 e. The molecular weight excluding hydrogens is 535 g/mol. The summed E-state index contributed by atoms with van der Waals surface area (Å²) in [6.45, 7) is 0. The van der Waals surface area contributed by atoms with E-state index in [1.165, 1.54) is 18.2 Å². The van der Waals surface area contributed by atoms with E-state index in [4.69, 9.17) is 16.3 Å². The number of aliphatic hydroxyl groups excluding tert-OH is 1. The number of ether oxygens (including phenoxy) is 1. The lowest BCUT2D eigenvalue weighted by atomic mass is 9.92. The minimum atomic E-state index is -4.90. The molecule has 1 heterocycles. The molecule has 3 N–H and O–H groups in total. The van der Waals surface area contributed by atoms with Crippen molar-refractivity contribution in [2.45, 2.75) is 37.3 Å². The Balaban J connectivity index is 1.59. The van der Waals surface area contributed by atoms with E-state index < -0.39 is 59.0 Å². The third-order valence-corrected chi connectivity index (χ3v) is 6.77. The number of fused-ring (bicyclic) bond motifs is 1. The highest BCUT2D eigenvalue weighted by Crippen LogP contribution is 2.42. The van der Waals surface area contributed by atoms with Gasteiger partial charge in [-0.15, -0.1) is 0 Å². The lowest BCUT2D eigenvalue weighted by Crippen LogP contribution is -2.41. The zero-order valence-electron chi connectivity index (χ0n) is 19.2. The first-order valence-electron chi connectivity index (χ1n) is 11.4. The summed E-state index contributed by atoms with van der Waals surface area (Å²) in [6, 6.07) is 6.58. The third kappa shape index (κ3) is 4.91. The van der Waals surface area contributed by atoms with E-state index in [9.17, 15) is 36.6 Å². The van der Waals surface area contributed by atoms with Crippen LogP contribution in [0.5, 0.6) is 5.75 Å². The number of hydrogen-bond acceptors (Lipinski definition) is 4. The zero-order chi connectivity index (χ0) is 27.4. The van der Waals surface area contributed by atoms with Gasteiger partial charge in [0.1, 0.15) is 23.5 Å². The molecule has 12 heteroatoms. The molecule has 3 aromatic rings. The number of amides is 2. The van der Waals surface area contributed by atoms with E-state index in [1.54, 1.807) is 0 Å². The second-order valence-electron chi connectivity index (χ2n) is 8.99. The zero-order valence-corrected chi connectivity index (χ0v) is 20.0. The maximum absolute atomic E-state index is 14.1. The van der Waals surface area contributed by atoms with Crippen LogP contribution in [-0.2, 0) is 6.18 Å². The number of rotatable bonds is 5. The summed E-state index contributed by atoms with van der Waals surface area (Å²) < 4.78 is 73.3. The van der Waals surface area contributed by atoms with Gasteiger partial charge in [-0.3, -0.25) is 9.59 Å². The molecule has 2 amide bonds. The third-order valence-electron chi connectivity index (χ3n) is 6.43. The van der Waals surface area contributed by atoms with Gasteiger partial charge in [0.05, 0.1) is 29.0 Å². The second kappa shape index (κ2) is 9.55. The molecule has 5 rings (SSSR count). The predicted molar refractivity (Wildman–Crippen MR) is 126 cm³/mol. The van der Waals surface area contributed by atoms with Gasteiger partial charge in [0.2, 0.25) is 0 Å². The van der Waals surface area contributed by atoms with Gasteiger partial charge in [-0.05, 0) is 55.3 Å². The predicted octanol–water partition coefficient (Wildman–Crippen LogP) is 5.62. The number of halogens is 6. The van der Waals surface area contributed by atoms with Crippen LogP contribution in [-0.4, -0.2) is 29.1 Å². The summed E-state index contributed by atoms with van der Waals surface area (Å²) in [5, 5.41) is 15.1. The molecule has 1 unspecified atom stereocenters. The maximum atomic E-state index is 14.1. The number of alkyl halides is 3. The molecule has 0 bridgehead atoms. The summed E-state index contributed by atoms with van der Waals surface area (Å²) in [4.78, 5) is 25.9.